The number of benzene rings is 1. The quantitative estimate of drug-likeness (QED) is 0.274. The van der Waals surface area contributed by atoms with E-state index in [1.54, 1.807) is 58.0 Å². The number of nitrogens with zero attached hydrogens (tertiary/aromatic N) is 1. The van der Waals surface area contributed by atoms with Crippen LogP contribution >= 0.6 is 0 Å². The first-order valence-corrected chi connectivity index (χ1v) is 14.3. The van der Waals surface area contributed by atoms with Crippen molar-refractivity contribution in [3.05, 3.63) is 35.9 Å². The van der Waals surface area contributed by atoms with Crippen LogP contribution in [0.1, 0.15) is 65.0 Å². The van der Waals surface area contributed by atoms with E-state index in [0.29, 0.717) is 31.0 Å². The summed E-state index contributed by atoms with van der Waals surface area (Å²) in [6.07, 6.45) is 0.535. The van der Waals surface area contributed by atoms with E-state index < -0.39 is 41.3 Å². The third-order valence-corrected chi connectivity index (χ3v) is 7.45. The molecule has 6 N–H and O–H groups in total. The molecule has 224 valence electrons. The highest BCUT2D eigenvalue weighted by molar-refractivity contribution is 5.97. The molecule has 0 spiro atoms. The molecule has 0 bridgehead atoms. The highest BCUT2D eigenvalue weighted by Crippen LogP contribution is 2.21. The molecule has 0 saturated carbocycles. The topological polar surface area (TPSA) is 170 Å². The van der Waals surface area contributed by atoms with Crippen molar-refractivity contribution in [2.75, 3.05) is 26.2 Å². The molecule has 2 aliphatic heterocycles. The van der Waals surface area contributed by atoms with E-state index in [0.717, 1.165) is 6.54 Å². The van der Waals surface area contributed by atoms with Crippen LogP contribution in [0.2, 0.25) is 0 Å². The maximum absolute atomic E-state index is 13.8. The second-order valence-electron chi connectivity index (χ2n) is 11.0. The second kappa shape index (κ2) is 14.6. The average molecular weight is 570 g/mol. The standard InChI is InChI=1S/C29H43N7O5/c1-5-21-26(40)35-23(19-9-7-6-8-10-19)27(41)30-14-12-29(4,36-24(38)18(2)3)22(37)17-20(25(39)34-21)11-13-31-28-32-15-16-33-28/h6-10,18,20-21,23H,5,11-17H2,1-4H3,(H,30,41)(H,34,39)(H,35,40)(H,36,38)(H2,31,32,33)/t20-,21+,23-,29-/m1/s1. The van der Waals surface area contributed by atoms with Crippen LogP contribution in [0.4, 0.5) is 0 Å². The highest BCUT2D eigenvalue weighted by atomic mass is 16.2. The normalized spacial score (nSPS) is 26.2. The van der Waals surface area contributed by atoms with Gasteiger partial charge in [0, 0.05) is 37.9 Å². The van der Waals surface area contributed by atoms with E-state index in [1.165, 1.54) is 0 Å². The van der Waals surface area contributed by atoms with E-state index >= 15 is 0 Å². The SMILES string of the molecule is CC[C@@H]1NC(=O)[C@H](CCNC2=NCCN2)CC(=O)[C@](C)(NC(=O)C(C)C)CCNC(=O)[C@@H](c2ccccc2)NC1=O. The van der Waals surface area contributed by atoms with Crippen LogP contribution in [-0.4, -0.2) is 73.1 Å². The number of Topliss-reactive ketones (excluding diaryl/α,β-unsaturated/α-hetero) is 1. The molecule has 4 atom stereocenters. The summed E-state index contributed by atoms with van der Waals surface area (Å²) in [5, 5.41) is 17.5. The van der Waals surface area contributed by atoms with E-state index in [9.17, 15) is 24.0 Å². The molecule has 0 radical (unpaired) electrons. The zero-order chi connectivity index (χ0) is 30.0. The van der Waals surface area contributed by atoms with E-state index in [1.807, 2.05) is 0 Å². The first-order valence-electron chi connectivity index (χ1n) is 14.3. The third-order valence-electron chi connectivity index (χ3n) is 7.45. The van der Waals surface area contributed by atoms with E-state index in [-0.39, 0.29) is 43.4 Å². The number of guanidine groups is 1. The van der Waals surface area contributed by atoms with Crippen LogP contribution in [0.3, 0.4) is 0 Å². The fourth-order valence-corrected chi connectivity index (χ4v) is 4.71. The number of hydrogen-bond donors (Lipinski definition) is 6. The van der Waals surface area contributed by atoms with Crippen molar-refractivity contribution in [2.24, 2.45) is 16.8 Å². The lowest BCUT2D eigenvalue weighted by Crippen LogP contribution is -2.57. The zero-order valence-electron chi connectivity index (χ0n) is 24.3. The number of hydrogen-bond acceptors (Lipinski definition) is 8. The minimum Gasteiger partial charge on any atom is -0.356 e. The van der Waals surface area contributed by atoms with E-state index in [2.05, 4.69) is 36.9 Å². The number of aliphatic imine (C=N–C) groups is 1. The Hall–Kier alpha value is -3.96. The lowest BCUT2D eigenvalue weighted by molar-refractivity contribution is -0.137. The molecule has 1 aromatic carbocycles. The largest absolute Gasteiger partial charge is 0.356 e. The molecular formula is C29H43N7O5. The maximum Gasteiger partial charge on any atom is 0.247 e. The third kappa shape index (κ3) is 8.76. The van der Waals surface area contributed by atoms with Crippen LogP contribution in [0.15, 0.2) is 35.3 Å². The Morgan fingerprint density at radius 3 is 2.39 bits per heavy atom. The zero-order valence-corrected chi connectivity index (χ0v) is 24.3. The molecule has 2 heterocycles. The van der Waals surface area contributed by atoms with Gasteiger partial charge in [0.25, 0.3) is 0 Å². The van der Waals surface area contributed by atoms with Gasteiger partial charge in [-0.05, 0) is 31.7 Å². The molecule has 1 saturated heterocycles. The van der Waals surface area contributed by atoms with Crippen LogP contribution in [0, 0.1) is 11.8 Å². The van der Waals surface area contributed by atoms with Gasteiger partial charge in [-0.25, -0.2) is 0 Å². The Morgan fingerprint density at radius 2 is 1.76 bits per heavy atom. The Labute approximate surface area is 241 Å². The molecule has 3 rings (SSSR count). The van der Waals surface area contributed by atoms with Gasteiger partial charge in [0.2, 0.25) is 23.6 Å². The fourth-order valence-electron chi connectivity index (χ4n) is 4.71. The summed E-state index contributed by atoms with van der Waals surface area (Å²) in [5.74, 6) is -2.53. The maximum atomic E-state index is 13.8. The average Bonchev–Trinajstić information content (AvgIpc) is 3.47. The molecule has 4 amide bonds. The summed E-state index contributed by atoms with van der Waals surface area (Å²) in [4.78, 5) is 70.9. The molecule has 12 nitrogen and oxygen atoms in total. The molecule has 0 aliphatic carbocycles. The summed E-state index contributed by atoms with van der Waals surface area (Å²) >= 11 is 0. The van der Waals surface area contributed by atoms with Crippen molar-refractivity contribution in [2.45, 2.75) is 71.0 Å². The summed E-state index contributed by atoms with van der Waals surface area (Å²) in [6.45, 7) is 8.68. The lowest BCUT2D eigenvalue weighted by atomic mass is 9.84. The van der Waals surface area contributed by atoms with Crippen molar-refractivity contribution >= 4 is 35.4 Å². The van der Waals surface area contributed by atoms with Gasteiger partial charge in [0.1, 0.15) is 12.1 Å². The van der Waals surface area contributed by atoms with Gasteiger partial charge in [-0.3, -0.25) is 29.0 Å². The lowest BCUT2D eigenvalue weighted by Gasteiger charge is -2.33. The Kier molecular flexibility index (Phi) is 11.2. The Morgan fingerprint density at radius 1 is 1.02 bits per heavy atom. The van der Waals surface area contributed by atoms with Crippen molar-refractivity contribution in [1.82, 2.24) is 31.9 Å². The molecule has 0 unspecified atom stereocenters. The first-order chi connectivity index (χ1) is 19.5. The van der Waals surface area contributed by atoms with Crippen LogP contribution in [-0.2, 0) is 24.0 Å². The molecule has 2 aliphatic rings. The minimum absolute atomic E-state index is 0.0692. The van der Waals surface area contributed by atoms with Gasteiger partial charge in [0.15, 0.2) is 11.7 Å². The number of carbonyl (C=O) groups is 5. The van der Waals surface area contributed by atoms with Crippen molar-refractivity contribution in [3.8, 4) is 0 Å². The number of rotatable bonds is 7. The Bertz CT molecular complexity index is 1140. The van der Waals surface area contributed by atoms with Gasteiger partial charge in [-0.1, -0.05) is 51.1 Å². The number of nitrogens with one attached hydrogen (secondary N) is 6. The monoisotopic (exact) mass is 569 g/mol. The molecule has 1 aromatic rings. The predicted octanol–water partition coefficient (Wildman–Crippen LogP) is 0.304. The molecule has 1 fully saturated rings. The predicted molar refractivity (Wildman–Crippen MR) is 155 cm³/mol. The summed E-state index contributed by atoms with van der Waals surface area (Å²) in [7, 11) is 0. The molecular weight excluding hydrogens is 526 g/mol. The summed E-state index contributed by atoms with van der Waals surface area (Å²) in [5.41, 5.74) is -0.747. The van der Waals surface area contributed by atoms with Gasteiger partial charge in [-0.2, -0.15) is 0 Å². The van der Waals surface area contributed by atoms with Crippen molar-refractivity contribution in [3.63, 3.8) is 0 Å². The highest BCUT2D eigenvalue weighted by Gasteiger charge is 2.39. The van der Waals surface area contributed by atoms with Crippen molar-refractivity contribution < 1.29 is 24.0 Å². The fraction of sp³-hybridized carbons (Fsp3) is 0.586. The second-order valence-corrected chi connectivity index (χ2v) is 11.0. The molecule has 41 heavy (non-hydrogen) atoms. The van der Waals surface area contributed by atoms with Crippen LogP contribution in [0.5, 0.6) is 0 Å². The van der Waals surface area contributed by atoms with Gasteiger partial charge in [-0.15, -0.1) is 0 Å². The number of ketones is 1. The van der Waals surface area contributed by atoms with Crippen molar-refractivity contribution in [1.29, 1.82) is 0 Å². The van der Waals surface area contributed by atoms with Gasteiger partial charge in [0.05, 0.1) is 12.1 Å². The van der Waals surface area contributed by atoms with Crippen LogP contribution in [0.25, 0.3) is 0 Å². The van der Waals surface area contributed by atoms with Gasteiger partial charge >= 0.3 is 0 Å². The number of carbonyl (C=O) groups excluding carboxylic acids is 5. The first kappa shape index (κ1) is 31.6. The van der Waals surface area contributed by atoms with Gasteiger partial charge < -0.3 is 31.9 Å². The smallest absolute Gasteiger partial charge is 0.247 e. The molecule has 12 heteroatoms. The summed E-state index contributed by atoms with van der Waals surface area (Å²) < 4.78 is 0. The summed E-state index contributed by atoms with van der Waals surface area (Å²) in [6, 6.07) is 6.88. The van der Waals surface area contributed by atoms with Crippen LogP contribution < -0.4 is 31.9 Å². The number of amides is 4. The molecule has 0 aromatic heterocycles. The Balaban J connectivity index is 1.91. The minimum atomic E-state index is -1.32. The van der Waals surface area contributed by atoms with E-state index in [4.69, 9.17) is 0 Å².